The van der Waals surface area contributed by atoms with E-state index in [4.69, 9.17) is 0 Å². The van der Waals surface area contributed by atoms with Crippen LogP contribution < -0.4 is 5.32 Å². The number of anilines is 1. The highest BCUT2D eigenvalue weighted by molar-refractivity contribution is 7.16. The number of nitrogens with one attached hydrogen (secondary N) is 1. The summed E-state index contributed by atoms with van der Waals surface area (Å²) in [5, 5.41) is 3.66. The van der Waals surface area contributed by atoms with E-state index in [1.54, 1.807) is 11.3 Å². The molecule has 0 fully saturated rings. The van der Waals surface area contributed by atoms with E-state index in [-0.39, 0.29) is 5.91 Å². The molecule has 0 unspecified atom stereocenters. The van der Waals surface area contributed by atoms with Gasteiger partial charge < -0.3 is 5.32 Å². The second-order valence-corrected chi connectivity index (χ2v) is 7.24. The van der Waals surface area contributed by atoms with Crippen molar-refractivity contribution in [1.82, 2.24) is 4.98 Å². The Morgan fingerprint density at radius 3 is 2.75 bits per heavy atom. The Bertz CT molecular complexity index is 896. The van der Waals surface area contributed by atoms with Crippen LogP contribution in [0.1, 0.15) is 21.6 Å². The lowest BCUT2D eigenvalue weighted by molar-refractivity contribution is -0.115. The molecule has 3 nitrogen and oxygen atoms in total. The molecule has 0 spiro atoms. The van der Waals surface area contributed by atoms with Gasteiger partial charge in [0.25, 0.3) is 0 Å². The van der Waals surface area contributed by atoms with Gasteiger partial charge in [0.2, 0.25) is 5.91 Å². The molecule has 0 saturated carbocycles. The number of carbonyl (C=O) groups is 1. The van der Waals surface area contributed by atoms with E-state index in [0.29, 0.717) is 11.6 Å². The Balaban J connectivity index is 1.51. The SMILES string of the molecule is Cc1ccc(CC(=O)Nc2nc3c(s2)CCc2ccccc2-3)cc1. The van der Waals surface area contributed by atoms with E-state index in [0.717, 1.165) is 24.1 Å². The van der Waals surface area contributed by atoms with E-state index >= 15 is 0 Å². The fourth-order valence-corrected chi connectivity index (χ4v) is 4.05. The lowest BCUT2D eigenvalue weighted by atomic mass is 9.94. The number of aromatic nitrogens is 1. The highest BCUT2D eigenvalue weighted by Gasteiger charge is 2.21. The van der Waals surface area contributed by atoms with E-state index in [1.165, 1.54) is 21.6 Å². The highest BCUT2D eigenvalue weighted by atomic mass is 32.1. The molecule has 0 bridgehead atoms. The third-order valence-corrected chi connectivity index (χ3v) is 5.35. The lowest BCUT2D eigenvalue weighted by Gasteiger charge is -2.13. The molecule has 3 aromatic rings. The number of thiazole rings is 1. The Morgan fingerprint density at radius 2 is 1.92 bits per heavy atom. The second kappa shape index (κ2) is 6.21. The van der Waals surface area contributed by atoms with Crippen LogP contribution in [0.5, 0.6) is 0 Å². The third-order valence-electron chi connectivity index (χ3n) is 4.32. The number of hydrogen-bond acceptors (Lipinski definition) is 3. The number of benzene rings is 2. The number of rotatable bonds is 3. The van der Waals surface area contributed by atoms with Crippen molar-refractivity contribution in [1.29, 1.82) is 0 Å². The molecule has 0 aliphatic heterocycles. The van der Waals surface area contributed by atoms with E-state index in [9.17, 15) is 4.79 Å². The van der Waals surface area contributed by atoms with Crippen molar-refractivity contribution in [2.75, 3.05) is 5.32 Å². The summed E-state index contributed by atoms with van der Waals surface area (Å²) in [7, 11) is 0. The summed E-state index contributed by atoms with van der Waals surface area (Å²) >= 11 is 1.60. The molecule has 24 heavy (non-hydrogen) atoms. The Hall–Kier alpha value is -2.46. The molecule has 1 aliphatic rings. The molecular weight excluding hydrogens is 316 g/mol. The topological polar surface area (TPSA) is 42.0 Å². The van der Waals surface area contributed by atoms with Gasteiger partial charge in [-0.05, 0) is 30.9 Å². The minimum atomic E-state index is -0.0155. The molecule has 1 amide bonds. The van der Waals surface area contributed by atoms with Crippen LogP contribution in [-0.4, -0.2) is 10.9 Å². The maximum atomic E-state index is 12.3. The van der Waals surface area contributed by atoms with Gasteiger partial charge in [-0.2, -0.15) is 0 Å². The predicted octanol–water partition coefficient (Wildman–Crippen LogP) is 4.40. The van der Waals surface area contributed by atoms with Crippen LogP contribution in [0.3, 0.4) is 0 Å². The quantitative estimate of drug-likeness (QED) is 0.771. The number of carbonyl (C=O) groups excluding carboxylic acids is 1. The van der Waals surface area contributed by atoms with Crippen LogP contribution in [0.2, 0.25) is 0 Å². The lowest BCUT2D eigenvalue weighted by Crippen LogP contribution is -2.14. The monoisotopic (exact) mass is 334 g/mol. The fraction of sp³-hybridized carbons (Fsp3) is 0.200. The van der Waals surface area contributed by atoms with E-state index in [2.05, 4.69) is 28.5 Å². The van der Waals surface area contributed by atoms with Gasteiger partial charge in [0.05, 0.1) is 12.1 Å². The molecule has 4 rings (SSSR count). The highest BCUT2D eigenvalue weighted by Crippen LogP contribution is 2.37. The molecule has 1 aliphatic carbocycles. The summed E-state index contributed by atoms with van der Waals surface area (Å²) in [6.07, 6.45) is 2.42. The van der Waals surface area contributed by atoms with Gasteiger partial charge in [-0.3, -0.25) is 4.79 Å². The normalized spacial score (nSPS) is 12.4. The first kappa shape index (κ1) is 15.1. The van der Waals surface area contributed by atoms with Gasteiger partial charge in [0.1, 0.15) is 0 Å². The van der Waals surface area contributed by atoms with E-state index < -0.39 is 0 Å². The first-order valence-electron chi connectivity index (χ1n) is 8.12. The van der Waals surface area contributed by atoms with Crippen molar-refractivity contribution in [3.63, 3.8) is 0 Å². The van der Waals surface area contributed by atoms with Gasteiger partial charge in [0.15, 0.2) is 5.13 Å². The molecule has 2 aromatic carbocycles. The maximum Gasteiger partial charge on any atom is 0.230 e. The van der Waals surface area contributed by atoms with Crippen molar-refractivity contribution >= 4 is 22.4 Å². The van der Waals surface area contributed by atoms with Crippen LogP contribution >= 0.6 is 11.3 Å². The maximum absolute atomic E-state index is 12.3. The Kier molecular flexibility index (Phi) is 3.90. The Labute approximate surface area is 145 Å². The van der Waals surface area contributed by atoms with Gasteiger partial charge in [0, 0.05) is 10.4 Å². The molecule has 1 aromatic heterocycles. The van der Waals surface area contributed by atoms with Crippen LogP contribution in [-0.2, 0) is 24.1 Å². The number of amides is 1. The molecule has 1 heterocycles. The van der Waals surface area contributed by atoms with Crippen molar-refractivity contribution in [3.05, 3.63) is 70.1 Å². The van der Waals surface area contributed by atoms with Gasteiger partial charge in [-0.25, -0.2) is 4.98 Å². The largest absolute Gasteiger partial charge is 0.302 e. The first-order valence-corrected chi connectivity index (χ1v) is 8.94. The van der Waals surface area contributed by atoms with Crippen LogP contribution in [0.25, 0.3) is 11.3 Å². The molecule has 4 heteroatoms. The molecule has 0 radical (unpaired) electrons. The van der Waals surface area contributed by atoms with Crippen LogP contribution in [0, 0.1) is 6.92 Å². The molecule has 0 atom stereocenters. The van der Waals surface area contributed by atoms with Crippen LogP contribution in [0.15, 0.2) is 48.5 Å². The zero-order valence-electron chi connectivity index (χ0n) is 13.5. The summed E-state index contributed by atoms with van der Waals surface area (Å²) in [4.78, 5) is 18.2. The number of fused-ring (bicyclic) bond motifs is 3. The zero-order valence-corrected chi connectivity index (χ0v) is 14.3. The average molecular weight is 334 g/mol. The standard InChI is InChI=1S/C20H18N2OS/c1-13-6-8-14(9-7-13)12-18(23)21-20-22-19-16-5-3-2-4-15(16)10-11-17(19)24-20/h2-9H,10-12H2,1H3,(H,21,22,23). The third kappa shape index (κ3) is 2.97. The minimum Gasteiger partial charge on any atom is -0.302 e. The fourth-order valence-electron chi connectivity index (χ4n) is 3.06. The number of aryl methyl sites for hydroxylation is 3. The predicted molar refractivity (Wildman–Crippen MR) is 98.5 cm³/mol. The van der Waals surface area contributed by atoms with Gasteiger partial charge >= 0.3 is 0 Å². The Morgan fingerprint density at radius 1 is 1.12 bits per heavy atom. The molecular formula is C20H18N2OS. The van der Waals surface area contributed by atoms with Crippen molar-refractivity contribution in [2.24, 2.45) is 0 Å². The summed E-state index contributed by atoms with van der Waals surface area (Å²) < 4.78 is 0. The first-order chi connectivity index (χ1) is 11.7. The van der Waals surface area contributed by atoms with Gasteiger partial charge in [-0.15, -0.1) is 11.3 Å². The zero-order chi connectivity index (χ0) is 16.5. The summed E-state index contributed by atoms with van der Waals surface area (Å²) in [5.74, 6) is -0.0155. The summed E-state index contributed by atoms with van der Waals surface area (Å²) in [6, 6.07) is 16.4. The summed E-state index contributed by atoms with van der Waals surface area (Å²) in [5.41, 5.74) is 5.80. The number of hydrogen-bond donors (Lipinski definition) is 1. The average Bonchev–Trinajstić information content (AvgIpc) is 2.99. The van der Waals surface area contributed by atoms with Crippen molar-refractivity contribution < 1.29 is 4.79 Å². The minimum absolute atomic E-state index is 0.0155. The summed E-state index contributed by atoms with van der Waals surface area (Å²) in [6.45, 7) is 2.04. The molecule has 0 saturated heterocycles. The van der Waals surface area contributed by atoms with Crippen LogP contribution in [0.4, 0.5) is 5.13 Å². The van der Waals surface area contributed by atoms with Crippen molar-refractivity contribution in [3.8, 4) is 11.3 Å². The number of nitrogens with zero attached hydrogens (tertiary/aromatic N) is 1. The second-order valence-electron chi connectivity index (χ2n) is 6.16. The smallest absolute Gasteiger partial charge is 0.230 e. The molecule has 1 N–H and O–H groups in total. The van der Waals surface area contributed by atoms with Gasteiger partial charge in [-0.1, -0.05) is 54.1 Å². The molecule has 120 valence electrons. The van der Waals surface area contributed by atoms with E-state index in [1.807, 2.05) is 37.3 Å². The van der Waals surface area contributed by atoms with Crippen molar-refractivity contribution in [2.45, 2.75) is 26.2 Å².